The first-order valence-electron chi connectivity index (χ1n) is 9.40. The van der Waals surface area contributed by atoms with Gasteiger partial charge < -0.3 is 10.0 Å². The molecule has 1 atom stereocenters. The van der Waals surface area contributed by atoms with Crippen LogP contribution in [0.25, 0.3) is 0 Å². The third kappa shape index (κ3) is 3.43. The zero-order valence-corrected chi connectivity index (χ0v) is 15.8. The number of hydrogen-bond donors (Lipinski definition) is 1. The van der Waals surface area contributed by atoms with Crippen molar-refractivity contribution in [1.29, 1.82) is 0 Å². The monoisotopic (exact) mass is 370 g/mol. The van der Waals surface area contributed by atoms with Gasteiger partial charge in [-0.05, 0) is 35.3 Å². The highest BCUT2D eigenvalue weighted by Gasteiger charge is 2.48. The molecule has 4 nitrogen and oxygen atoms in total. The van der Waals surface area contributed by atoms with Crippen LogP contribution in [0.2, 0.25) is 0 Å². The molecule has 5 heteroatoms. The molecule has 26 heavy (non-hydrogen) atoms. The largest absolute Gasteiger partial charge is 0.396 e. The number of hydrogen-bond acceptors (Lipinski definition) is 4. The van der Waals surface area contributed by atoms with Crippen LogP contribution in [0.15, 0.2) is 47.8 Å². The van der Waals surface area contributed by atoms with Crippen molar-refractivity contribution in [3.63, 3.8) is 0 Å². The Hall–Kier alpha value is -1.69. The molecule has 0 aliphatic carbocycles. The Morgan fingerprint density at radius 1 is 1.15 bits per heavy atom. The number of likely N-dealkylation sites (tertiary alicyclic amines) is 2. The number of nitrogens with zero attached hydrogens (tertiary/aromatic N) is 2. The standard InChI is InChI=1S/C21H26N2O2S/c24-15-18-14-22(13-17-5-2-1-3-6-17)16-21(18)8-10-23(11-9-21)20(25)19-7-4-12-26-19/h1-7,12,18,24H,8-11,13-16H2. The van der Waals surface area contributed by atoms with E-state index < -0.39 is 0 Å². The maximum Gasteiger partial charge on any atom is 0.263 e. The Bertz CT molecular complexity index is 724. The summed E-state index contributed by atoms with van der Waals surface area (Å²) in [5, 5.41) is 11.9. The third-order valence-electron chi connectivity index (χ3n) is 6.13. The van der Waals surface area contributed by atoms with Crippen LogP contribution in [0.4, 0.5) is 0 Å². The fourth-order valence-corrected chi connectivity index (χ4v) is 5.33. The molecule has 0 saturated carbocycles. The summed E-state index contributed by atoms with van der Waals surface area (Å²) in [6.45, 7) is 4.75. The Labute approximate surface area is 159 Å². The number of carbonyl (C=O) groups excluding carboxylic acids is 1. The summed E-state index contributed by atoms with van der Waals surface area (Å²) in [6.07, 6.45) is 1.97. The molecular weight excluding hydrogens is 344 g/mol. The average Bonchev–Trinajstić information content (AvgIpc) is 3.31. The minimum atomic E-state index is 0.149. The molecule has 3 heterocycles. The van der Waals surface area contributed by atoms with Gasteiger partial charge in [0.25, 0.3) is 5.91 Å². The number of rotatable bonds is 4. The molecule has 1 amide bonds. The van der Waals surface area contributed by atoms with E-state index in [0.717, 1.165) is 50.4 Å². The number of aliphatic hydroxyl groups is 1. The Balaban J connectivity index is 1.41. The van der Waals surface area contributed by atoms with Gasteiger partial charge in [-0.25, -0.2) is 0 Å². The summed E-state index contributed by atoms with van der Waals surface area (Å²) in [4.78, 5) is 17.9. The van der Waals surface area contributed by atoms with Gasteiger partial charge in [-0.15, -0.1) is 11.3 Å². The summed E-state index contributed by atoms with van der Waals surface area (Å²) in [5.41, 5.74) is 1.47. The first-order chi connectivity index (χ1) is 12.7. The van der Waals surface area contributed by atoms with Crippen LogP contribution in [0, 0.1) is 11.3 Å². The summed E-state index contributed by atoms with van der Waals surface area (Å²) in [7, 11) is 0. The van der Waals surface area contributed by atoms with Crippen molar-refractivity contribution < 1.29 is 9.90 Å². The molecule has 1 aromatic carbocycles. The second kappa shape index (κ2) is 7.51. The maximum absolute atomic E-state index is 12.6. The minimum Gasteiger partial charge on any atom is -0.396 e. The van der Waals surface area contributed by atoms with Crippen molar-refractivity contribution in [3.8, 4) is 0 Å². The number of aliphatic hydroxyl groups excluding tert-OH is 1. The molecule has 2 aromatic rings. The highest BCUT2D eigenvalue weighted by Crippen LogP contribution is 2.45. The van der Waals surface area contributed by atoms with Crippen molar-refractivity contribution in [2.24, 2.45) is 11.3 Å². The SMILES string of the molecule is O=C(c1cccs1)N1CCC2(CC1)CN(Cc1ccccc1)CC2CO. The Morgan fingerprint density at radius 3 is 2.58 bits per heavy atom. The van der Waals surface area contributed by atoms with Gasteiger partial charge in [-0.3, -0.25) is 9.69 Å². The number of carbonyl (C=O) groups is 1. The van der Waals surface area contributed by atoms with Gasteiger partial charge in [0.15, 0.2) is 0 Å². The molecule has 2 saturated heterocycles. The molecule has 138 valence electrons. The zero-order valence-electron chi connectivity index (χ0n) is 15.0. The van der Waals surface area contributed by atoms with Crippen LogP contribution < -0.4 is 0 Å². The number of benzene rings is 1. The lowest BCUT2D eigenvalue weighted by atomic mass is 9.71. The van der Waals surface area contributed by atoms with Gasteiger partial charge in [0, 0.05) is 45.2 Å². The van der Waals surface area contributed by atoms with Crippen LogP contribution in [0.3, 0.4) is 0 Å². The number of amides is 1. The molecule has 1 spiro atoms. The molecule has 0 bridgehead atoms. The highest BCUT2D eigenvalue weighted by atomic mass is 32.1. The predicted octanol–water partition coefficient (Wildman–Crippen LogP) is 3.09. The van der Waals surface area contributed by atoms with E-state index in [-0.39, 0.29) is 17.9 Å². The van der Waals surface area contributed by atoms with Crippen molar-refractivity contribution in [3.05, 3.63) is 58.3 Å². The first-order valence-corrected chi connectivity index (χ1v) is 10.3. The van der Waals surface area contributed by atoms with Crippen molar-refractivity contribution >= 4 is 17.2 Å². The summed E-state index contributed by atoms with van der Waals surface area (Å²) < 4.78 is 0. The van der Waals surface area contributed by atoms with Gasteiger partial charge in [0.1, 0.15) is 0 Å². The molecule has 4 rings (SSSR count). The van der Waals surface area contributed by atoms with Gasteiger partial charge >= 0.3 is 0 Å². The van der Waals surface area contributed by atoms with E-state index in [4.69, 9.17) is 0 Å². The lowest BCUT2D eigenvalue weighted by molar-refractivity contribution is 0.0405. The number of thiophene rings is 1. The molecule has 1 aromatic heterocycles. The lowest BCUT2D eigenvalue weighted by Gasteiger charge is -2.42. The van der Waals surface area contributed by atoms with E-state index >= 15 is 0 Å². The van der Waals surface area contributed by atoms with E-state index in [2.05, 4.69) is 29.2 Å². The molecule has 0 radical (unpaired) electrons. The second-order valence-corrected chi connectivity index (χ2v) is 8.61. The molecule has 2 aliphatic heterocycles. The first kappa shape index (κ1) is 17.7. The number of piperidine rings is 1. The molecule has 1 N–H and O–H groups in total. The lowest BCUT2D eigenvalue weighted by Crippen LogP contribution is -2.47. The van der Waals surface area contributed by atoms with Crippen LogP contribution in [-0.4, -0.2) is 53.6 Å². The summed E-state index contributed by atoms with van der Waals surface area (Å²) >= 11 is 1.52. The van der Waals surface area contributed by atoms with Crippen LogP contribution in [-0.2, 0) is 6.54 Å². The highest BCUT2D eigenvalue weighted by molar-refractivity contribution is 7.12. The summed E-state index contributed by atoms with van der Waals surface area (Å²) in [5.74, 6) is 0.472. The van der Waals surface area contributed by atoms with E-state index in [0.29, 0.717) is 5.92 Å². The van der Waals surface area contributed by atoms with Crippen molar-refractivity contribution in [1.82, 2.24) is 9.80 Å². The van der Waals surface area contributed by atoms with Crippen molar-refractivity contribution in [2.45, 2.75) is 19.4 Å². The zero-order chi connectivity index (χ0) is 18.0. The van der Waals surface area contributed by atoms with Gasteiger partial charge in [-0.1, -0.05) is 36.4 Å². The summed E-state index contributed by atoms with van der Waals surface area (Å²) in [6, 6.07) is 14.4. The minimum absolute atomic E-state index is 0.149. The van der Waals surface area contributed by atoms with E-state index in [9.17, 15) is 9.90 Å². The quantitative estimate of drug-likeness (QED) is 0.899. The molecule has 2 aliphatic rings. The topological polar surface area (TPSA) is 43.8 Å². The van der Waals surface area contributed by atoms with Gasteiger partial charge in [0.2, 0.25) is 0 Å². The predicted molar refractivity (Wildman–Crippen MR) is 104 cm³/mol. The Morgan fingerprint density at radius 2 is 1.92 bits per heavy atom. The smallest absolute Gasteiger partial charge is 0.263 e. The van der Waals surface area contributed by atoms with E-state index in [1.54, 1.807) is 0 Å². The van der Waals surface area contributed by atoms with Crippen LogP contribution in [0.1, 0.15) is 28.1 Å². The van der Waals surface area contributed by atoms with Gasteiger partial charge in [-0.2, -0.15) is 0 Å². The third-order valence-corrected chi connectivity index (χ3v) is 6.99. The maximum atomic E-state index is 12.6. The fraction of sp³-hybridized carbons (Fsp3) is 0.476. The fourth-order valence-electron chi connectivity index (χ4n) is 4.64. The van der Waals surface area contributed by atoms with Crippen LogP contribution in [0.5, 0.6) is 0 Å². The normalized spacial score (nSPS) is 22.8. The van der Waals surface area contributed by atoms with Crippen molar-refractivity contribution in [2.75, 3.05) is 32.8 Å². The average molecular weight is 371 g/mol. The van der Waals surface area contributed by atoms with E-state index in [1.807, 2.05) is 28.5 Å². The second-order valence-electron chi connectivity index (χ2n) is 7.67. The molecule has 2 fully saturated rings. The Kier molecular flexibility index (Phi) is 5.11. The molecular formula is C21H26N2O2S. The van der Waals surface area contributed by atoms with Crippen LogP contribution >= 0.6 is 11.3 Å². The van der Waals surface area contributed by atoms with E-state index in [1.165, 1.54) is 16.9 Å². The van der Waals surface area contributed by atoms with Gasteiger partial charge in [0.05, 0.1) is 4.88 Å². The molecule has 1 unspecified atom stereocenters.